The molecule has 1 saturated heterocycles. The van der Waals surface area contributed by atoms with E-state index in [1.54, 1.807) is 6.92 Å². The second kappa shape index (κ2) is 2.66. The van der Waals surface area contributed by atoms with Crippen LogP contribution >= 0.6 is 0 Å². The van der Waals surface area contributed by atoms with E-state index in [-0.39, 0.29) is 12.1 Å². The summed E-state index contributed by atoms with van der Waals surface area (Å²) in [4.78, 5) is 1.84. The highest BCUT2D eigenvalue weighted by Gasteiger charge is 2.47. The van der Waals surface area contributed by atoms with Crippen LogP contribution in [0.1, 0.15) is 27.7 Å². The molecule has 0 spiro atoms. The maximum absolute atomic E-state index is 13.1. The van der Waals surface area contributed by atoms with Gasteiger partial charge in [0.05, 0.1) is 6.54 Å². The van der Waals surface area contributed by atoms with E-state index in [1.807, 2.05) is 25.7 Å². The monoisotopic (exact) mass is 177 g/mol. The first-order valence-corrected chi connectivity index (χ1v) is 4.36. The minimum absolute atomic E-state index is 0.0856. The van der Waals surface area contributed by atoms with E-state index in [0.717, 1.165) is 0 Å². The number of likely N-dealkylation sites (tertiary alicyclic amines) is 1. The summed E-state index contributed by atoms with van der Waals surface area (Å²) in [6.45, 7) is 7.96. The molecule has 0 aromatic heterocycles. The van der Waals surface area contributed by atoms with Crippen molar-refractivity contribution in [3.8, 4) is 0 Å². The summed E-state index contributed by atoms with van der Waals surface area (Å²) in [5.41, 5.74) is -0.131. The van der Waals surface area contributed by atoms with Crippen molar-refractivity contribution >= 4 is 0 Å². The fourth-order valence-electron chi connectivity index (χ4n) is 1.45. The predicted octanol–water partition coefficient (Wildman–Crippen LogP) is 2.37. The number of halogens is 2. The average Bonchev–Trinajstić information content (AvgIpc) is 2.06. The third-order valence-corrected chi connectivity index (χ3v) is 2.57. The number of hydrogen-bond donors (Lipinski definition) is 0. The van der Waals surface area contributed by atoms with Gasteiger partial charge in [-0.3, -0.25) is 4.90 Å². The van der Waals surface area contributed by atoms with Gasteiger partial charge in [-0.2, -0.15) is 0 Å². The maximum Gasteiger partial charge on any atom is 0.264 e. The Morgan fingerprint density at radius 3 is 2.00 bits per heavy atom. The Bertz CT molecular complexity index is 172. The van der Waals surface area contributed by atoms with Gasteiger partial charge in [-0.15, -0.1) is 0 Å². The predicted molar refractivity (Wildman–Crippen MR) is 45.4 cm³/mol. The zero-order chi connectivity index (χ0) is 9.57. The second-order valence-corrected chi connectivity index (χ2v) is 4.71. The minimum atomic E-state index is -2.49. The molecule has 1 atom stereocenters. The molecule has 1 aliphatic rings. The van der Waals surface area contributed by atoms with Crippen LogP contribution in [0, 0.1) is 5.92 Å². The molecule has 0 aromatic carbocycles. The molecule has 12 heavy (non-hydrogen) atoms. The van der Waals surface area contributed by atoms with E-state index in [1.165, 1.54) is 0 Å². The lowest BCUT2D eigenvalue weighted by molar-refractivity contribution is -0.0261. The van der Waals surface area contributed by atoms with E-state index in [0.29, 0.717) is 6.54 Å². The molecule has 1 rings (SSSR count). The molecule has 0 aromatic rings. The van der Waals surface area contributed by atoms with Crippen molar-refractivity contribution in [2.75, 3.05) is 13.1 Å². The van der Waals surface area contributed by atoms with Crippen molar-refractivity contribution in [3.63, 3.8) is 0 Å². The second-order valence-electron chi connectivity index (χ2n) is 4.71. The van der Waals surface area contributed by atoms with Gasteiger partial charge in [0.15, 0.2) is 0 Å². The van der Waals surface area contributed by atoms with Gasteiger partial charge in [-0.1, -0.05) is 6.92 Å². The van der Waals surface area contributed by atoms with Crippen LogP contribution < -0.4 is 0 Å². The third kappa shape index (κ3) is 1.76. The summed E-state index contributed by atoms with van der Waals surface area (Å²) in [5.74, 6) is -3.00. The summed E-state index contributed by atoms with van der Waals surface area (Å²) in [6.07, 6.45) is 0. The maximum atomic E-state index is 13.1. The van der Waals surface area contributed by atoms with Crippen molar-refractivity contribution in [1.29, 1.82) is 0 Å². The highest BCUT2D eigenvalue weighted by atomic mass is 19.3. The molecule has 0 radical (unpaired) electrons. The Labute approximate surface area is 72.7 Å². The highest BCUT2D eigenvalue weighted by Crippen LogP contribution is 2.35. The molecule has 1 heterocycles. The molecular weight excluding hydrogens is 160 g/mol. The van der Waals surface area contributed by atoms with E-state index in [4.69, 9.17) is 0 Å². The molecule has 0 aliphatic carbocycles. The molecule has 3 heteroatoms. The van der Waals surface area contributed by atoms with Gasteiger partial charge < -0.3 is 0 Å². The molecule has 1 nitrogen and oxygen atoms in total. The zero-order valence-corrected chi connectivity index (χ0v) is 8.19. The summed E-state index contributed by atoms with van der Waals surface area (Å²) < 4.78 is 26.2. The molecule has 1 aliphatic heterocycles. The minimum Gasteiger partial charge on any atom is -0.292 e. The fraction of sp³-hybridized carbons (Fsp3) is 1.00. The molecule has 0 N–H and O–H groups in total. The smallest absolute Gasteiger partial charge is 0.264 e. The van der Waals surface area contributed by atoms with Crippen molar-refractivity contribution in [1.82, 2.24) is 4.90 Å². The van der Waals surface area contributed by atoms with Crippen LogP contribution in [0.4, 0.5) is 8.78 Å². The largest absolute Gasteiger partial charge is 0.292 e. The lowest BCUT2D eigenvalue weighted by Gasteiger charge is -2.31. The first kappa shape index (κ1) is 9.90. The molecule has 0 saturated carbocycles. The van der Waals surface area contributed by atoms with Crippen molar-refractivity contribution in [2.45, 2.75) is 39.2 Å². The summed E-state index contributed by atoms with van der Waals surface area (Å²) in [6, 6.07) is 0. The molecule has 1 fully saturated rings. The Morgan fingerprint density at radius 1 is 1.33 bits per heavy atom. The van der Waals surface area contributed by atoms with Crippen molar-refractivity contribution in [2.24, 2.45) is 5.92 Å². The van der Waals surface area contributed by atoms with Crippen molar-refractivity contribution in [3.05, 3.63) is 0 Å². The molecule has 72 valence electrons. The summed E-state index contributed by atoms with van der Waals surface area (Å²) in [5, 5.41) is 0. The molecular formula is C9H17F2N. The van der Waals surface area contributed by atoms with Gasteiger partial charge in [0, 0.05) is 18.0 Å². The fourth-order valence-corrected chi connectivity index (χ4v) is 1.45. The first-order valence-electron chi connectivity index (χ1n) is 4.36. The van der Waals surface area contributed by atoms with Crippen LogP contribution in [0.25, 0.3) is 0 Å². The van der Waals surface area contributed by atoms with Gasteiger partial charge in [0.1, 0.15) is 0 Å². The highest BCUT2D eigenvalue weighted by molar-refractivity contribution is 4.93. The summed E-state index contributed by atoms with van der Waals surface area (Å²) in [7, 11) is 0. The van der Waals surface area contributed by atoms with Gasteiger partial charge in [-0.05, 0) is 20.8 Å². The van der Waals surface area contributed by atoms with E-state index in [2.05, 4.69) is 0 Å². The van der Waals surface area contributed by atoms with E-state index in [9.17, 15) is 8.78 Å². The number of hydrogen-bond acceptors (Lipinski definition) is 1. The van der Waals surface area contributed by atoms with Crippen LogP contribution in [0.2, 0.25) is 0 Å². The van der Waals surface area contributed by atoms with Crippen molar-refractivity contribution < 1.29 is 8.78 Å². The Balaban J connectivity index is 2.67. The number of alkyl halides is 2. The zero-order valence-electron chi connectivity index (χ0n) is 8.19. The molecule has 0 unspecified atom stereocenters. The topological polar surface area (TPSA) is 3.24 Å². The van der Waals surface area contributed by atoms with Crippen LogP contribution in [0.15, 0.2) is 0 Å². The first-order chi connectivity index (χ1) is 5.23. The van der Waals surface area contributed by atoms with Crippen LogP contribution in [0.3, 0.4) is 0 Å². The van der Waals surface area contributed by atoms with Gasteiger partial charge in [-0.25, -0.2) is 8.78 Å². The average molecular weight is 177 g/mol. The lowest BCUT2D eigenvalue weighted by atomic mass is 10.1. The SMILES string of the molecule is C[C@H]1CN(C(C)(C)C)CC1(F)F. The lowest BCUT2D eigenvalue weighted by Crippen LogP contribution is -2.40. The number of rotatable bonds is 0. The standard InChI is InChI=1S/C9H17F2N/c1-7-5-12(8(2,3)4)6-9(7,10)11/h7H,5-6H2,1-4H3/t7-/m0/s1. The molecule has 0 amide bonds. The normalized spacial score (nSPS) is 31.0. The Hall–Kier alpha value is -0.180. The third-order valence-electron chi connectivity index (χ3n) is 2.57. The number of nitrogens with zero attached hydrogens (tertiary/aromatic N) is 1. The van der Waals surface area contributed by atoms with Crippen LogP contribution in [-0.2, 0) is 0 Å². The quantitative estimate of drug-likeness (QED) is 0.549. The Morgan fingerprint density at radius 2 is 1.83 bits per heavy atom. The van der Waals surface area contributed by atoms with E-state index >= 15 is 0 Å². The van der Waals surface area contributed by atoms with Crippen LogP contribution in [-0.4, -0.2) is 29.5 Å². The molecule has 0 bridgehead atoms. The van der Waals surface area contributed by atoms with Gasteiger partial charge in [0.2, 0.25) is 0 Å². The van der Waals surface area contributed by atoms with Gasteiger partial charge >= 0.3 is 0 Å². The Kier molecular flexibility index (Phi) is 2.19. The van der Waals surface area contributed by atoms with E-state index < -0.39 is 11.8 Å². The van der Waals surface area contributed by atoms with Crippen LogP contribution in [0.5, 0.6) is 0 Å². The van der Waals surface area contributed by atoms with Gasteiger partial charge in [0.25, 0.3) is 5.92 Å². The summed E-state index contributed by atoms with van der Waals surface area (Å²) >= 11 is 0.